The number of hydrogen-bond acceptors (Lipinski definition) is 3. The molecular formula is C13H27NO2. The molecule has 0 aromatic rings. The van der Waals surface area contributed by atoms with E-state index < -0.39 is 0 Å². The Balaban J connectivity index is 3.96. The van der Waals surface area contributed by atoms with Gasteiger partial charge in [0.15, 0.2) is 0 Å². The zero-order chi connectivity index (χ0) is 12.9. The minimum absolute atomic E-state index is 0.0330. The predicted molar refractivity (Wildman–Crippen MR) is 67.1 cm³/mol. The molecule has 96 valence electrons. The predicted octanol–water partition coefficient (Wildman–Crippen LogP) is 2.73. The SMILES string of the molecule is CC(C)C(C)OC(=O)CC(N)CC(C)(C)C. The Morgan fingerprint density at radius 2 is 1.75 bits per heavy atom. The van der Waals surface area contributed by atoms with Crippen LogP contribution in [0.3, 0.4) is 0 Å². The third-order valence-electron chi connectivity index (χ3n) is 2.56. The van der Waals surface area contributed by atoms with Gasteiger partial charge < -0.3 is 10.5 Å². The van der Waals surface area contributed by atoms with Crippen molar-refractivity contribution < 1.29 is 9.53 Å². The summed E-state index contributed by atoms with van der Waals surface area (Å²) in [5.74, 6) is 0.167. The molecule has 2 unspecified atom stereocenters. The highest BCUT2D eigenvalue weighted by Gasteiger charge is 2.20. The van der Waals surface area contributed by atoms with E-state index in [0.717, 1.165) is 6.42 Å². The third-order valence-corrected chi connectivity index (χ3v) is 2.56. The van der Waals surface area contributed by atoms with Crippen LogP contribution >= 0.6 is 0 Å². The fourth-order valence-corrected chi connectivity index (χ4v) is 1.46. The second-order valence-corrected chi connectivity index (χ2v) is 6.17. The van der Waals surface area contributed by atoms with Crippen LogP contribution in [0.15, 0.2) is 0 Å². The van der Waals surface area contributed by atoms with Gasteiger partial charge in [-0.15, -0.1) is 0 Å². The average Bonchev–Trinajstić information content (AvgIpc) is 1.98. The molecule has 3 heteroatoms. The first-order valence-electron chi connectivity index (χ1n) is 6.07. The molecule has 0 aromatic heterocycles. The zero-order valence-corrected chi connectivity index (χ0v) is 11.5. The number of rotatable bonds is 5. The van der Waals surface area contributed by atoms with Crippen molar-refractivity contribution in [1.82, 2.24) is 0 Å². The summed E-state index contributed by atoms with van der Waals surface area (Å²) >= 11 is 0. The van der Waals surface area contributed by atoms with Crippen LogP contribution < -0.4 is 5.73 Å². The van der Waals surface area contributed by atoms with E-state index in [0.29, 0.717) is 12.3 Å². The van der Waals surface area contributed by atoms with E-state index in [1.165, 1.54) is 0 Å². The molecule has 0 aliphatic heterocycles. The van der Waals surface area contributed by atoms with E-state index in [4.69, 9.17) is 10.5 Å². The lowest BCUT2D eigenvalue weighted by atomic mass is 9.87. The van der Waals surface area contributed by atoms with Gasteiger partial charge >= 0.3 is 5.97 Å². The molecule has 0 aliphatic carbocycles. The van der Waals surface area contributed by atoms with Gasteiger partial charge in [0.2, 0.25) is 0 Å². The van der Waals surface area contributed by atoms with Gasteiger partial charge in [-0.1, -0.05) is 34.6 Å². The molecule has 0 saturated heterocycles. The standard InChI is InChI=1S/C13H27NO2/c1-9(2)10(3)16-12(15)7-11(14)8-13(4,5)6/h9-11H,7-8,14H2,1-6H3. The number of carbonyl (C=O) groups excluding carboxylic acids is 1. The molecule has 2 atom stereocenters. The van der Waals surface area contributed by atoms with E-state index in [-0.39, 0.29) is 23.5 Å². The molecule has 0 fully saturated rings. The van der Waals surface area contributed by atoms with Gasteiger partial charge in [0.05, 0.1) is 6.42 Å². The molecule has 0 radical (unpaired) electrons. The van der Waals surface area contributed by atoms with Crippen molar-refractivity contribution in [3.05, 3.63) is 0 Å². The Morgan fingerprint density at radius 3 is 2.12 bits per heavy atom. The van der Waals surface area contributed by atoms with Gasteiger partial charge in [-0.25, -0.2) is 0 Å². The fraction of sp³-hybridized carbons (Fsp3) is 0.923. The number of esters is 1. The van der Waals surface area contributed by atoms with Crippen LogP contribution in [0.25, 0.3) is 0 Å². The van der Waals surface area contributed by atoms with Crippen molar-refractivity contribution in [3.8, 4) is 0 Å². The number of carbonyl (C=O) groups is 1. The Bertz CT molecular complexity index is 218. The topological polar surface area (TPSA) is 52.3 Å². The fourth-order valence-electron chi connectivity index (χ4n) is 1.46. The lowest BCUT2D eigenvalue weighted by Crippen LogP contribution is -2.31. The average molecular weight is 229 g/mol. The molecule has 0 spiro atoms. The van der Waals surface area contributed by atoms with Crippen LogP contribution in [-0.2, 0) is 9.53 Å². The normalized spacial score (nSPS) is 16.0. The highest BCUT2D eigenvalue weighted by atomic mass is 16.5. The van der Waals surface area contributed by atoms with Gasteiger partial charge in [-0.3, -0.25) is 4.79 Å². The molecule has 0 heterocycles. The summed E-state index contributed by atoms with van der Waals surface area (Å²) < 4.78 is 5.28. The molecule has 0 aliphatic rings. The zero-order valence-electron chi connectivity index (χ0n) is 11.5. The lowest BCUT2D eigenvalue weighted by Gasteiger charge is -2.23. The van der Waals surface area contributed by atoms with Gasteiger partial charge in [-0.05, 0) is 24.7 Å². The lowest BCUT2D eigenvalue weighted by molar-refractivity contribution is -0.150. The van der Waals surface area contributed by atoms with E-state index in [1.807, 2.05) is 20.8 Å². The Kier molecular flexibility index (Phi) is 6.01. The molecular weight excluding hydrogens is 202 g/mol. The quantitative estimate of drug-likeness (QED) is 0.737. The number of hydrogen-bond donors (Lipinski definition) is 1. The van der Waals surface area contributed by atoms with Crippen molar-refractivity contribution in [2.45, 2.75) is 66.5 Å². The Morgan fingerprint density at radius 1 is 1.25 bits per heavy atom. The van der Waals surface area contributed by atoms with Crippen LogP contribution in [0.1, 0.15) is 54.4 Å². The van der Waals surface area contributed by atoms with Crippen LogP contribution in [-0.4, -0.2) is 18.1 Å². The van der Waals surface area contributed by atoms with E-state index in [9.17, 15) is 4.79 Å². The summed E-state index contributed by atoms with van der Waals surface area (Å²) in [6.45, 7) is 12.3. The summed E-state index contributed by atoms with van der Waals surface area (Å²) in [5, 5.41) is 0. The van der Waals surface area contributed by atoms with Gasteiger partial charge in [0.25, 0.3) is 0 Å². The molecule has 2 N–H and O–H groups in total. The smallest absolute Gasteiger partial charge is 0.307 e. The van der Waals surface area contributed by atoms with Gasteiger partial charge in [-0.2, -0.15) is 0 Å². The maximum Gasteiger partial charge on any atom is 0.307 e. The van der Waals surface area contributed by atoms with Crippen molar-refractivity contribution in [1.29, 1.82) is 0 Å². The minimum atomic E-state index is -0.182. The van der Waals surface area contributed by atoms with Crippen molar-refractivity contribution in [2.75, 3.05) is 0 Å². The molecule has 3 nitrogen and oxygen atoms in total. The van der Waals surface area contributed by atoms with Crippen LogP contribution in [0.2, 0.25) is 0 Å². The highest BCUT2D eigenvalue weighted by Crippen LogP contribution is 2.21. The number of nitrogens with two attached hydrogens (primary N) is 1. The molecule has 0 saturated carbocycles. The molecule has 0 rings (SSSR count). The maximum absolute atomic E-state index is 11.6. The Hall–Kier alpha value is -0.570. The van der Waals surface area contributed by atoms with E-state index >= 15 is 0 Å². The summed E-state index contributed by atoms with van der Waals surface area (Å²) in [5.41, 5.74) is 6.07. The monoisotopic (exact) mass is 229 g/mol. The van der Waals surface area contributed by atoms with E-state index in [1.54, 1.807) is 0 Å². The second kappa shape index (κ2) is 6.24. The van der Waals surface area contributed by atoms with Crippen molar-refractivity contribution >= 4 is 5.97 Å². The van der Waals surface area contributed by atoms with Crippen LogP contribution in [0.4, 0.5) is 0 Å². The highest BCUT2D eigenvalue weighted by molar-refractivity contribution is 5.70. The second-order valence-electron chi connectivity index (χ2n) is 6.17. The van der Waals surface area contributed by atoms with E-state index in [2.05, 4.69) is 20.8 Å². The number of ether oxygens (including phenoxy) is 1. The molecule has 0 bridgehead atoms. The molecule has 0 aromatic carbocycles. The van der Waals surface area contributed by atoms with Gasteiger partial charge in [0.1, 0.15) is 6.10 Å². The Labute approximate surface area is 99.7 Å². The first-order chi connectivity index (χ1) is 7.11. The summed E-state index contributed by atoms with van der Waals surface area (Å²) in [6.07, 6.45) is 1.11. The molecule has 16 heavy (non-hydrogen) atoms. The summed E-state index contributed by atoms with van der Waals surface area (Å²) in [6, 6.07) is -0.105. The third kappa shape index (κ3) is 7.69. The summed E-state index contributed by atoms with van der Waals surface area (Å²) in [7, 11) is 0. The maximum atomic E-state index is 11.6. The summed E-state index contributed by atoms with van der Waals surface area (Å²) in [4.78, 5) is 11.6. The van der Waals surface area contributed by atoms with Gasteiger partial charge in [0, 0.05) is 6.04 Å². The van der Waals surface area contributed by atoms with Crippen molar-refractivity contribution in [3.63, 3.8) is 0 Å². The molecule has 0 amide bonds. The largest absolute Gasteiger partial charge is 0.462 e. The van der Waals surface area contributed by atoms with Crippen LogP contribution in [0.5, 0.6) is 0 Å². The first kappa shape index (κ1) is 15.4. The van der Waals surface area contributed by atoms with Crippen LogP contribution in [0, 0.1) is 11.3 Å². The minimum Gasteiger partial charge on any atom is -0.462 e. The van der Waals surface area contributed by atoms with Crippen molar-refractivity contribution in [2.24, 2.45) is 17.1 Å². The first-order valence-corrected chi connectivity index (χ1v) is 6.07.